The minimum atomic E-state index is 0.804. The van der Waals surface area contributed by atoms with E-state index in [1.807, 2.05) is 30.5 Å². The number of aromatic nitrogens is 2. The lowest BCUT2D eigenvalue weighted by Crippen LogP contribution is -1.96. The minimum Gasteiger partial charge on any atom is -0.495 e. The molecule has 1 heterocycles. The first-order valence-corrected chi connectivity index (χ1v) is 4.95. The van der Waals surface area contributed by atoms with Crippen LogP contribution in [0.2, 0.25) is 0 Å². The van der Waals surface area contributed by atoms with E-state index >= 15 is 0 Å². The maximum Gasteiger partial charge on any atom is 0.135 e. The van der Waals surface area contributed by atoms with Gasteiger partial charge in [0.25, 0.3) is 0 Å². The van der Waals surface area contributed by atoms with Crippen LogP contribution < -0.4 is 4.74 Å². The van der Waals surface area contributed by atoms with Crippen molar-refractivity contribution >= 4 is 15.9 Å². The third-order valence-corrected chi connectivity index (χ3v) is 2.71. The van der Waals surface area contributed by atoms with E-state index in [0.29, 0.717) is 0 Å². The van der Waals surface area contributed by atoms with Crippen molar-refractivity contribution in [3.63, 3.8) is 0 Å². The molecule has 0 amide bonds. The van der Waals surface area contributed by atoms with Crippen LogP contribution in [0.25, 0.3) is 5.69 Å². The summed E-state index contributed by atoms with van der Waals surface area (Å²) in [5.74, 6) is 0.804. The summed E-state index contributed by atoms with van der Waals surface area (Å²) in [5, 5.41) is 4.15. The predicted octanol–water partition coefficient (Wildman–Crippen LogP) is 2.64. The van der Waals surface area contributed by atoms with E-state index in [4.69, 9.17) is 4.74 Å². The Bertz CT molecular complexity index is 426. The first-order valence-electron chi connectivity index (χ1n) is 4.15. The highest BCUT2D eigenvalue weighted by Crippen LogP contribution is 2.30. The quantitative estimate of drug-likeness (QED) is 0.822. The molecule has 0 aliphatic carbocycles. The van der Waals surface area contributed by atoms with Crippen LogP contribution in [0.5, 0.6) is 5.75 Å². The van der Waals surface area contributed by atoms with Crippen molar-refractivity contribution in [1.82, 2.24) is 9.78 Å². The molecule has 72 valence electrons. The van der Waals surface area contributed by atoms with Gasteiger partial charge in [-0.1, -0.05) is 6.07 Å². The van der Waals surface area contributed by atoms with Crippen molar-refractivity contribution in [3.8, 4) is 11.4 Å². The fourth-order valence-electron chi connectivity index (χ4n) is 1.25. The van der Waals surface area contributed by atoms with Gasteiger partial charge in [-0.3, -0.25) is 0 Å². The Morgan fingerprint density at radius 3 is 2.86 bits per heavy atom. The first kappa shape index (κ1) is 9.27. The van der Waals surface area contributed by atoms with Crippen molar-refractivity contribution in [3.05, 3.63) is 41.1 Å². The van der Waals surface area contributed by atoms with E-state index in [0.717, 1.165) is 15.9 Å². The van der Waals surface area contributed by atoms with Crippen molar-refractivity contribution in [1.29, 1.82) is 0 Å². The van der Waals surface area contributed by atoms with E-state index in [1.54, 1.807) is 18.0 Å². The Morgan fingerprint density at radius 2 is 2.21 bits per heavy atom. The van der Waals surface area contributed by atoms with E-state index in [1.165, 1.54) is 0 Å². The van der Waals surface area contributed by atoms with Gasteiger partial charge in [-0.05, 0) is 34.1 Å². The summed E-state index contributed by atoms with van der Waals surface area (Å²) in [4.78, 5) is 0. The molecule has 0 atom stereocenters. The lowest BCUT2D eigenvalue weighted by molar-refractivity contribution is 0.412. The average molecular weight is 253 g/mol. The molecule has 1 aromatic carbocycles. The van der Waals surface area contributed by atoms with Gasteiger partial charge in [0, 0.05) is 12.4 Å². The van der Waals surface area contributed by atoms with Gasteiger partial charge in [-0.25, -0.2) is 4.68 Å². The monoisotopic (exact) mass is 252 g/mol. The molecule has 0 saturated heterocycles. The number of rotatable bonds is 2. The molecule has 4 heteroatoms. The molecule has 0 unspecified atom stereocenters. The van der Waals surface area contributed by atoms with Gasteiger partial charge in [-0.2, -0.15) is 5.10 Å². The van der Waals surface area contributed by atoms with Crippen LogP contribution in [0.15, 0.2) is 41.1 Å². The number of benzene rings is 1. The Morgan fingerprint density at radius 1 is 1.36 bits per heavy atom. The van der Waals surface area contributed by atoms with E-state index in [9.17, 15) is 0 Å². The number of hydrogen-bond acceptors (Lipinski definition) is 2. The highest BCUT2D eigenvalue weighted by Gasteiger charge is 2.06. The Labute approximate surface area is 90.4 Å². The zero-order chi connectivity index (χ0) is 9.97. The topological polar surface area (TPSA) is 27.1 Å². The Hall–Kier alpha value is -1.29. The second-order valence-electron chi connectivity index (χ2n) is 2.74. The molecular weight excluding hydrogens is 244 g/mol. The second kappa shape index (κ2) is 3.84. The number of halogens is 1. The van der Waals surface area contributed by atoms with Crippen molar-refractivity contribution < 1.29 is 4.74 Å². The number of ether oxygens (including phenoxy) is 1. The maximum atomic E-state index is 5.20. The molecule has 1 aromatic heterocycles. The van der Waals surface area contributed by atoms with Gasteiger partial charge < -0.3 is 4.74 Å². The van der Waals surface area contributed by atoms with Crippen LogP contribution in [0, 0.1) is 0 Å². The maximum absolute atomic E-state index is 5.20. The molecule has 0 bridgehead atoms. The molecule has 0 aliphatic heterocycles. The lowest BCUT2D eigenvalue weighted by Gasteiger charge is -2.08. The SMILES string of the molecule is COc1cccc(-n2cccn2)c1Br. The van der Waals surface area contributed by atoms with Crippen LogP contribution in [0.1, 0.15) is 0 Å². The second-order valence-corrected chi connectivity index (χ2v) is 3.54. The summed E-state index contributed by atoms with van der Waals surface area (Å²) < 4.78 is 7.89. The van der Waals surface area contributed by atoms with Crippen LogP contribution in [0.4, 0.5) is 0 Å². The van der Waals surface area contributed by atoms with Crippen molar-refractivity contribution in [2.75, 3.05) is 7.11 Å². The normalized spacial score (nSPS) is 10.1. The fourth-order valence-corrected chi connectivity index (χ4v) is 1.85. The molecule has 0 saturated carbocycles. The molecule has 2 rings (SSSR count). The molecule has 3 nitrogen and oxygen atoms in total. The van der Waals surface area contributed by atoms with Crippen LogP contribution in [-0.4, -0.2) is 16.9 Å². The van der Waals surface area contributed by atoms with Crippen LogP contribution in [-0.2, 0) is 0 Å². The standard InChI is InChI=1S/C10H9BrN2O/c1-14-9-5-2-4-8(10(9)11)13-7-3-6-12-13/h2-7H,1H3. The molecule has 0 aliphatic rings. The summed E-state index contributed by atoms with van der Waals surface area (Å²) in [6, 6.07) is 7.68. The molecule has 2 aromatic rings. The summed E-state index contributed by atoms with van der Waals surface area (Å²) in [6.45, 7) is 0. The Kier molecular flexibility index (Phi) is 2.54. The third-order valence-electron chi connectivity index (χ3n) is 1.91. The van der Waals surface area contributed by atoms with E-state index in [2.05, 4.69) is 21.0 Å². The Balaban J connectivity index is 2.54. The minimum absolute atomic E-state index is 0.804. The number of nitrogens with zero attached hydrogens (tertiary/aromatic N) is 2. The molecule has 0 radical (unpaired) electrons. The van der Waals surface area contributed by atoms with Gasteiger partial charge in [0.05, 0.1) is 17.3 Å². The fraction of sp³-hybridized carbons (Fsp3) is 0.100. The van der Waals surface area contributed by atoms with Gasteiger partial charge >= 0.3 is 0 Å². The smallest absolute Gasteiger partial charge is 0.135 e. The highest BCUT2D eigenvalue weighted by atomic mass is 79.9. The number of methoxy groups -OCH3 is 1. The molecular formula is C10H9BrN2O. The first-order chi connectivity index (χ1) is 6.83. The number of hydrogen-bond donors (Lipinski definition) is 0. The summed E-state index contributed by atoms with van der Waals surface area (Å²) >= 11 is 3.48. The van der Waals surface area contributed by atoms with Gasteiger partial charge in [0.1, 0.15) is 5.75 Å². The zero-order valence-corrected chi connectivity index (χ0v) is 9.23. The molecule has 14 heavy (non-hydrogen) atoms. The molecule has 0 spiro atoms. The largest absolute Gasteiger partial charge is 0.495 e. The zero-order valence-electron chi connectivity index (χ0n) is 7.64. The lowest BCUT2D eigenvalue weighted by atomic mass is 10.3. The van der Waals surface area contributed by atoms with Crippen LogP contribution >= 0.6 is 15.9 Å². The third kappa shape index (κ3) is 1.53. The highest BCUT2D eigenvalue weighted by molar-refractivity contribution is 9.10. The van der Waals surface area contributed by atoms with E-state index < -0.39 is 0 Å². The summed E-state index contributed by atoms with van der Waals surface area (Å²) in [6.07, 6.45) is 3.63. The van der Waals surface area contributed by atoms with Crippen molar-refractivity contribution in [2.45, 2.75) is 0 Å². The van der Waals surface area contributed by atoms with E-state index in [-0.39, 0.29) is 0 Å². The molecule has 0 fully saturated rings. The average Bonchev–Trinajstić information content (AvgIpc) is 2.71. The van der Waals surface area contributed by atoms with Gasteiger partial charge in [0.2, 0.25) is 0 Å². The van der Waals surface area contributed by atoms with Crippen LogP contribution in [0.3, 0.4) is 0 Å². The summed E-state index contributed by atoms with van der Waals surface area (Å²) in [7, 11) is 1.65. The van der Waals surface area contributed by atoms with Gasteiger partial charge in [-0.15, -0.1) is 0 Å². The molecule has 0 N–H and O–H groups in total. The summed E-state index contributed by atoms with van der Waals surface area (Å²) in [5.41, 5.74) is 0.967. The van der Waals surface area contributed by atoms with Crippen molar-refractivity contribution in [2.24, 2.45) is 0 Å². The van der Waals surface area contributed by atoms with Gasteiger partial charge in [0.15, 0.2) is 0 Å². The predicted molar refractivity (Wildman–Crippen MR) is 57.8 cm³/mol.